The molecule has 1 heterocycles. The second kappa shape index (κ2) is 3.85. The predicted molar refractivity (Wildman–Crippen MR) is 48.0 cm³/mol. The number of carbonyl (C=O) groups excluding carboxylic acids is 1. The van der Waals surface area contributed by atoms with Gasteiger partial charge in [-0.1, -0.05) is 13.0 Å². The van der Waals surface area contributed by atoms with Crippen LogP contribution < -0.4 is 0 Å². The minimum Gasteiger partial charge on any atom is -0.363 e. The summed E-state index contributed by atoms with van der Waals surface area (Å²) in [4.78, 5) is 11.0. The van der Waals surface area contributed by atoms with Crippen molar-refractivity contribution in [2.75, 3.05) is 0 Å². The van der Waals surface area contributed by atoms with E-state index >= 15 is 0 Å². The molecule has 12 heavy (non-hydrogen) atoms. The molecule has 2 atom stereocenters. The van der Waals surface area contributed by atoms with Crippen LogP contribution in [0, 0.1) is 0 Å². The van der Waals surface area contributed by atoms with Crippen LogP contribution in [0.3, 0.4) is 0 Å². The maximum absolute atomic E-state index is 11.0. The zero-order chi connectivity index (χ0) is 9.14. The minimum atomic E-state index is -0.196. The van der Waals surface area contributed by atoms with Crippen LogP contribution in [-0.4, -0.2) is 18.0 Å². The topological polar surface area (TPSA) is 26.3 Å². The first-order chi connectivity index (χ1) is 5.65. The van der Waals surface area contributed by atoms with Crippen molar-refractivity contribution in [3.8, 4) is 0 Å². The van der Waals surface area contributed by atoms with E-state index in [4.69, 9.17) is 4.74 Å². The lowest BCUT2D eigenvalue weighted by molar-refractivity contribution is -0.131. The molecule has 1 aliphatic heterocycles. The standard InChI is InChI=1S/C10H16O2/c1-4-9-7(2)5-6-10(12-9)8(3)11/h5,9-10H,4,6H2,1-3H3/t9-,10-/m1/s1. The molecule has 0 fully saturated rings. The zero-order valence-electron chi connectivity index (χ0n) is 7.96. The van der Waals surface area contributed by atoms with E-state index in [0.717, 1.165) is 12.8 Å². The van der Waals surface area contributed by atoms with Gasteiger partial charge in [-0.05, 0) is 32.3 Å². The SMILES string of the molecule is CC[C@H]1O[C@@H](C(C)=O)CC=C1C. The lowest BCUT2D eigenvalue weighted by atomic mass is 10.0. The molecule has 68 valence electrons. The third kappa shape index (κ3) is 1.95. The van der Waals surface area contributed by atoms with Gasteiger partial charge in [-0.15, -0.1) is 0 Å². The van der Waals surface area contributed by atoms with E-state index in [1.54, 1.807) is 6.92 Å². The van der Waals surface area contributed by atoms with Gasteiger partial charge in [-0.3, -0.25) is 4.79 Å². The molecule has 0 aromatic rings. The van der Waals surface area contributed by atoms with Crippen molar-refractivity contribution in [3.05, 3.63) is 11.6 Å². The first-order valence-electron chi connectivity index (χ1n) is 4.47. The molecule has 1 aliphatic rings. The van der Waals surface area contributed by atoms with Gasteiger partial charge < -0.3 is 4.74 Å². The molecule has 0 aromatic carbocycles. The Morgan fingerprint density at radius 3 is 2.92 bits per heavy atom. The Morgan fingerprint density at radius 1 is 1.75 bits per heavy atom. The lowest BCUT2D eigenvalue weighted by Crippen LogP contribution is -2.31. The highest BCUT2D eigenvalue weighted by atomic mass is 16.5. The van der Waals surface area contributed by atoms with Gasteiger partial charge >= 0.3 is 0 Å². The molecule has 0 saturated heterocycles. The monoisotopic (exact) mass is 168 g/mol. The Hall–Kier alpha value is -0.630. The number of rotatable bonds is 2. The third-order valence-corrected chi connectivity index (χ3v) is 2.31. The summed E-state index contributed by atoms with van der Waals surface area (Å²) in [5.74, 6) is 0.136. The van der Waals surface area contributed by atoms with Gasteiger partial charge in [0.1, 0.15) is 6.10 Å². The summed E-state index contributed by atoms with van der Waals surface area (Å²) < 4.78 is 5.59. The zero-order valence-corrected chi connectivity index (χ0v) is 7.96. The van der Waals surface area contributed by atoms with Crippen molar-refractivity contribution >= 4 is 5.78 Å². The molecule has 1 rings (SSSR count). The average molecular weight is 168 g/mol. The van der Waals surface area contributed by atoms with Crippen molar-refractivity contribution in [1.29, 1.82) is 0 Å². The van der Waals surface area contributed by atoms with E-state index in [2.05, 4.69) is 19.9 Å². The van der Waals surface area contributed by atoms with Crippen LogP contribution in [-0.2, 0) is 9.53 Å². The largest absolute Gasteiger partial charge is 0.363 e. The second-order valence-corrected chi connectivity index (χ2v) is 3.32. The molecule has 2 heteroatoms. The van der Waals surface area contributed by atoms with Crippen molar-refractivity contribution < 1.29 is 9.53 Å². The Morgan fingerprint density at radius 2 is 2.42 bits per heavy atom. The van der Waals surface area contributed by atoms with Gasteiger partial charge in [0.25, 0.3) is 0 Å². The highest BCUT2D eigenvalue weighted by molar-refractivity contribution is 5.80. The van der Waals surface area contributed by atoms with Crippen LogP contribution in [0.15, 0.2) is 11.6 Å². The first-order valence-corrected chi connectivity index (χ1v) is 4.47. The number of carbonyl (C=O) groups is 1. The number of ketones is 1. The van der Waals surface area contributed by atoms with Crippen LogP contribution in [0.2, 0.25) is 0 Å². The maximum atomic E-state index is 11.0. The van der Waals surface area contributed by atoms with E-state index in [9.17, 15) is 4.79 Å². The van der Waals surface area contributed by atoms with Gasteiger partial charge in [-0.2, -0.15) is 0 Å². The molecule has 2 nitrogen and oxygen atoms in total. The third-order valence-electron chi connectivity index (χ3n) is 2.31. The molecule has 0 saturated carbocycles. The van der Waals surface area contributed by atoms with Gasteiger partial charge in [0.05, 0.1) is 6.10 Å². The number of Topliss-reactive ketones (excluding diaryl/α,β-unsaturated/α-hetero) is 1. The van der Waals surface area contributed by atoms with Gasteiger partial charge in [0.2, 0.25) is 0 Å². The second-order valence-electron chi connectivity index (χ2n) is 3.32. The van der Waals surface area contributed by atoms with E-state index in [1.165, 1.54) is 5.57 Å². The molecule has 0 aromatic heterocycles. The van der Waals surface area contributed by atoms with Gasteiger partial charge in [0.15, 0.2) is 5.78 Å². The lowest BCUT2D eigenvalue weighted by Gasteiger charge is -2.27. The molecule has 0 N–H and O–H groups in total. The van der Waals surface area contributed by atoms with E-state index in [0.29, 0.717) is 0 Å². The average Bonchev–Trinajstić information content (AvgIpc) is 2.05. The quantitative estimate of drug-likeness (QED) is 0.590. The molecule has 0 unspecified atom stereocenters. The molecule has 0 spiro atoms. The predicted octanol–water partition coefficient (Wildman–Crippen LogP) is 2.09. The highest BCUT2D eigenvalue weighted by Gasteiger charge is 2.23. The summed E-state index contributed by atoms with van der Waals surface area (Å²) in [5.41, 5.74) is 1.26. The van der Waals surface area contributed by atoms with Crippen molar-refractivity contribution in [3.63, 3.8) is 0 Å². The van der Waals surface area contributed by atoms with Crippen LogP contribution in [0.25, 0.3) is 0 Å². The molecule has 0 bridgehead atoms. The van der Waals surface area contributed by atoms with Crippen molar-refractivity contribution in [2.24, 2.45) is 0 Å². The smallest absolute Gasteiger partial charge is 0.158 e. The maximum Gasteiger partial charge on any atom is 0.158 e. The fourth-order valence-corrected chi connectivity index (χ4v) is 1.47. The highest BCUT2D eigenvalue weighted by Crippen LogP contribution is 2.21. The normalized spacial score (nSPS) is 29.8. The molecular formula is C10H16O2. The van der Waals surface area contributed by atoms with Crippen LogP contribution >= 0.6 is 0 Å². The molecule has 0 aliphatic carbocycles. The number of hydrogen-bond donors (Lipinski definition) is 0. The van der Waals surface area contributed by atoms with E-state index in [-0.39, 0.29) is 18.0 Å². The van der Waals surface area contributed by atoms with Crippen molar-refractivity contribution in [2.45, 2.75) is 45.8 Å². The van der Waals surface area contributed by atoms with Crippen LogP contribution in [0.1, 0.15) is 33.6 Å². The first kappa shape index (κ1) is 9.46. The summed E-state index contributed by atoms with van der Waals surface area (Å²) in [5, 5.41) is 0. The Kier molecular flexibility index (Phi) is 3.04. The summed E-state index contributed by atoms with van der Waals surface area (Å²) in [6.45, 7) is 5.72. The fraction of sp³-hybridized carbons (Fsp3) is 0.700. The molecular weight excluding hydrogens is 152 g/mol. The Labute approximate surface area is 73.6 Å². The van der Waals surface area contributed by atoms with Crippen LogP contribution in [0.4, 0.5) is 0 Å². The fourth-order valence-electron chi connectivity index (χ4n) is 1.47. The van der Waals surface area contributed by atoms with E-state index < -0.39 is 0 Å². The van der Waals surface area contributed by atoms with Crippen molar-refractivity contribution in [1.82, 2.24) is 0 Å². The van der Waals surface area contributed by atoms with Crippen LogP contribution in [0.5, 0.6) is 0 Å². The van der Waals surface area contributed by atoms with Gasteiger partial charge in [0, 0.05) is 0 Å². The molecule has 0 amide bonds. The van der Waals surface area contributed by atoms with Gasteiger partial charge in [-0.25, -0.2) is 0 Å². The number of ether oxygens (including phenoxy) is 1. The number of hydrogen-bond acceptors (Lipinski definition) is 2. The summed E-state index contributed by atoms with van der Waals surface area (Å²) in [6.07, 6.45) is 3.78. The van der Waals surface area contributed by atoms with E-state index in [1.807, 2.05) is 0 Å². The summed E-state index contributed by atoms with van der Waals surface area (Å²) >= 11 is 0. The molecule has 0 radical (unpaired) electrons. The summed E-state index contributed by atoms with van der Waals surface area (Å²) in [7, 11) is 0. The minimum absolute atomic E-state index is 0.136. The Balaban J connectivity index is 2.64. The Bertz CT molecular complexity index is 206. The summed E-state index contributed by atoms with van der Waals surface area (Å²) in [6, 6.07) is 0.